The van der Waals surface area contributed by atoms with Gasteiger partial charge in [0.1, 0.15) is 5.82 Å². The first kappa shape index (κ1) is 12.7. The summed E-state index contributed by atoms with van der Waals surface area (Å²) in [5.74, 6) is -0.851. The number of rotatable bonds is 5. The quantitative estimate of drug-likeness (QED) is 0.592. The Morgan fingerprint density at radius 1 is 1.62 bits per heavy atom. The Kier molecular flexibility index (Phi) is 4.48. The van der Waals surface area contributed by atoms with Gasteiger partial charge in [0.25, 0.3) is 0 Å². The molecule has 4 N–H and O–H groups in total. The van der Waals surface area contributed by atoms with Gasteiger partial charge >= 0.3 is 5.97 Å². The molecule has 7 heteroatoms. The number of aromatic carboxylic acids is 1. The van der Waals surface area contributed by atoms with E-state index in [1.807, 2.05) is 0 Å². The van der Waals surface area contributed by atoms with Gasteiger partial charge in [0.2, 0.25) is 0 Å². The van der Waals surface area contributed by atoms with E-state index in [9.17, 15) is 4.79 Å². The van der Waals surface area contributed by atoms with E-state index in [0.717, 1.165) is 6.20 Å². The summed E-state index contributed by atoms with van der Waals surface area (Å²) in [6, 6.07) is 1.25. The van der Waals surface area contributed by atoms with Crippen LogP contribution in [0.3, 0.4) is 0 Å². The summed E-state index contributed by atoms with van der Waals surface area (Å²) in [4.78, 5) is 14.4. The summed E-state index contributed by atoms with van der Waals surface area (Å²) < 4.78 is 0. The number of aromatic nitrogens is 1. The van der Waals surface area contributed by atoms with Crippen LogP contribution in [0.4, 0.5) is 5.82 Å². The van der Waals surface area contributed by atoms with Gasteiger partial charge in [0.05, 0.1) is 23.3 Å². The largest absolute Gasteiger partial charge is 0.478 e. The first-order valence-corrected chi connectivity index (χ1v) is 4.84. The minimum atomic E-state index is -1.11. The van der Waals surface area contributed by atoms with Crippen LogP contribution in [0.15, 0.2) is 12.3 Å². The van der Waals surface area contributed by atoms with Gasteiger partial charge in [-0.1, -0.05) is 11.6 Å². The first-order valence-electron chi connectivity index (χ1n) is 4.46. The molecule has 0 aliphatic carbocycles. The summed E-state index contributed by atoms with van der Waals surface area (Å²) in [5, 5.41) is 29.1. The minimum absolute atomic E-state index is 0.0155. The van der Waals surface area contributed by atoms with Crippen LogP contribution in [0.1, 0.15) is 10.4 Å². The number of halogens is 1. The predicted molar refractivity (Wildman–Crippen MR) is 57.8 cm³/mol. The minimum Gasteiger partial charge on any atom is -0.478 e. The van der Waals surface area contributed by atoms with E-state index in [-0.39, 0.29) is 29.6 Å². The second-order valence-electron chi connectivity index (χ2n) is 3.08. The Morgan fingerprint density at radius 2 is 2.31 bits per heavy atom. The number of pyridine rings is 1. The van der Waals surface area contributed by atoms with Crippen LogP contribution >= 0.6 is 11.6 Å². The third-order valence-electron chi connectivity index (χ3n) is 1.80. The number of aliphatic hydroxyl groups excluding tert-OH is 2. The Balaban J connectivity index is 2.72. The molecule has 0 radical (unpaired) electrons. The number of hydrogen-bond donors (Lipinski definition) is 4. The zero-order valence-electron chi connectivity index (χ0n) is 8.22. The number of carbonyl (C=O) groups is 1. The van der Waals surface area contributed by atoms with Crippen LogP contribution < -0.4 is 5.32 Å². The molecule has 0 aromatic carbocycles. The van der Waals surface area contributed by atoms with Crippen molar-refractivity contribution < 1.29 is 20.1 Å². The number of carboxylic acids is 1. The molecule has 16 heavy (non-hydrogen) atoms. The Morgan fingerprint density at radius 3 is 2.81 bits per heavy atom. The van der Waals surface area contributed by atoms with Crippen LogP contribution in [-0.4, -0.2) is 45.5 Å². The number of carboxylic acid groups (broad SMARTS) is 1. The molecule has 88 valence electrons. The van der Waals surface area contributed by atoms with Crippen LogP contribution in [0.5, 0.6) is 0 Å². The lowest BCUT2D eigenvalue weighted by molar-refractivity contribution is 0.0696. The van der Waals surface area contributed by atoms with Gasteiger partial charge in [-0.05, 0) is 6.07 Å². The monoisotopic (exact) mass is 246 g/mol. The summed E-state index contributed by atoms with van der Waals surface area (Å²) in [5.41, 5.74) is -0.0155. The maximum absolute atomic E-state index is 10.6. The van der Waals surface area contributed by atoms with Gasteiger partial charge in [-0.2, -0.15) is 0 Å². The van der Waals surface area contributed by atoms with Crippen LogP contribution in [0.2, 0.25) is 5.02 Å². The zero-order chi connectivity index (χ0) is 12.1. The SMILES string of the molecule is O=C(O)c1cnc(NCC(O)CO)c(Cl)c1. The summed E-state index contributed by atoms with van der Waals surface area (Å²) in [6.07, 6.45) is 0.235. The van der Waals surface area contributed by atoms with Crippen molar-refractivity contribution in [1.29, 1.82) is 0 Å². The van der Waals surface area contributed by atoms with E-state index in [0.29, 0.717) is 0 Å². The lowest BCUT2D eigenvalue weighted by Crippen LogP contribution is -2.23. The van der Waals surface area contributed by atoms with Gasteiger partial charge in [-0.3, -0.25) is 0 Å². The molecule has 0 amide bonds. The highest BCUT2D eigenvalue weighted by atomic mass is 35.5. The number of anilines is 1. The normalized spacial score (nSPS) is 12.2. The van der Waals surface area contributed by atoms with Crippen molar-refractivity contribution in [1.82, 2.24) is 4.98 Å². The van der Waals surface area contributed by atoms with Gasteiger partial charge in [-0.25, -0.2) is 9.78 Å². The van der Waals surface area contributed by atoms with Crippen molar-refractivity contribution in [2.75, 3.05) is 18.5 Å². The standard InChI is InChI=1S/C9H11ClN2O4/c10-7-1-5(9(15)16)2-11-8(7)12-3-6(14)4-13/h1-2,6,13-14H,3-4H2,(H,11,12)(H,15,16). The molecule has 1 atom stereocenters. The second kappa shape index (κ2) is 5.64. The molecular weight excluding hydrogens is 236 g/mol. The van der Waals surface area contributed by atoms with E-state index in [1.165, 1.54) is 6.07 Å². The number of nitrogens with zero attached hydrogens (tertiary/aromatic N) is 1. The highest BCUT2D eigenvalue weighted by molar-refractivity contribution is 6.33. The molecule has 0 spiro atoms. The van der Waals surface area contributed by atoms with E-state index >= 15 is 0 Å². The molecule has 1 rings (SSSR count). The van der Waals surface area contributed by atoms with Gasteiger partial charge in [0, 0.05) is 12.7 Å². The summed E-state index contributed by atoms with van der Waals surface area (Å²) in [6.45, 7) is -0.298. The zero-order valence-corrected chi connectivity index (χ0v) is 8.98. The molecule has 0 saturated carbocycles. The lowest BCUT2D eigenvalue weighted by Gasteiger charge is -2.10. The topological polar surface area (TPSA) is 103 Å². The molecule has 0 aliphatic heterocycles. The van der Waals surface area contributed by atoms with Crippen LogP contribution in [0.25, 0.3) is 0 Å². The first-order chi connectivity index (χ1) is 7.54. The maximum Gasteiger partial charge on any atom is 0.337 e. The second-order valence-corrected chi connectivity index (χ2v) is 3.48. The van der Waals surface area contributed by atoms with Crippen molar-refractivity contribution in [3.8, 4) is 0 Å². The molecule has 0 saturated heterocycles. The third kappa shape index (κ3) is 3.34. The lowest BCUT2D eigenvalue weighted by atomic mass is 10.3. The van der Waals surface area contributed by atoms with Crippen molar-refractivity contribution in [2.24, 2.45) is 0 Å². The van der Waals surface area contributed by atoms with Crippen LogP contribution in [0, 0.1) is 0 Å². The maximum atomic E-state index is 10.6. The number of hydrogen-bond acceptors (Lipinski definition) is 5. The Labute approximate surface area is 96.5 Å². The fraction of sp³-hybridized carbons (Fsp3) is 0.333. The number of nitrogens with one attached hydrogen (secondary N) is 1. The van der Waals surface area contributed by atoms with Gasteiger partial charge in [-0.15, -0.1) is 0 Å². The molecule has 1 heterocycles. The molecule has 0 bridgehead atoms. The van der Waals surface area contributed by atoms with E-state index in [4.69, 9.17) is 26.9 Å². The van der Waals surface area contributed by atoms with E-state index < -0.39 is 12.1 Å². The highest BCUT2D eigenvalue weighted by Gasteiger charge is 2.09. The Hall–Kier alpha value is -1.37. The molecule has 1 aromatic heterocycles. The third-order valence-corrected chi connectivity index (χ3v) is 2.09. The summed E-state index contributed by atoms with van der Waals surface area (Å²) >= 11 is 5.77. The molecular formula is C9H11ClN2O4. The smallest absolute Gasteiger partial charge is 0.337 e. The average molecular weight is 247 g/mol. The molecule has 6 nitrogen and oxygen atoms in total. The number of aliphatic hydroxyl groups is 2. The molecule has 1 unspecified atom stereocenters. The van der Waals surface area contributed by atoms with Gasteiger partial charge < -0.3 is 20.6 Å². The van der Waals surface area contributed by atoms with Crippen molar-refractivity contribution in [3.63, 3.8) is 0 Å². The molecule has 1 aromatic rings. The van der Waals surface area contributed by atoms with E-state index in [1.54, 1.807) is 0 Å². The fourth-order valence-corrected chi connectivity index (χ4v) is 1.20. The predicted octanol–water partition coefficient (Wildman–Crippen LogP) is 0.198. The van der Waals surface area contributed by atoms with Crippen molar-refractivity contribution in [3.05, 3.63) is 22.8 Å². The summed E-state index contributed by atoms with van der Waals surface area (Å²) in [7, 11) is 0. The Bertz CT molecular complexity index is 386. The van der Waals surface area contributed by atoms with E-state index in [2.05, 4.69) is 10.3 Å². The molecule has 0 fully saturated rings. The van der Waals surface area contributed by atoms with Crippen LogP contribution in [-0.2, 0) is 0 Å². The highest BCUT2D eigenvalue weighted by Crippen LogP contribution is 2.19. The van der Waals surface area contributed by atoms with Gasteiger partial charge in [0.15, 0.2) is 0 Å². The molecule has 0 aliphatic rings. The van der Waals surface area contributed by atoms with Crippen molar-refractivity contribution in [2.45, 2.75) is 6.10 Å². The average Bonchev–Trinajstić information content (AvgIpc) is 2.26. The van der Waals surface area contributed by atoms with Crippen molar-refractivity contribution >= 4 is 23.4 Å². The fourth-order valence-electron chi connectivity index (χ4n) is 0.964.